The van der Waals surface area contributed by atoms with Crippen molar-refractivity contribution in [2.45, 2.75) is 25.3 Å². The molecule has 0 saturated carbocycles. The Morgan fingerprint density at radius 1 is 0.828 bits per heavy atom. The third-order valence-corrected chi connectivity index (χ3v) is 6.07. The molecule has 0 bridgehead atoms. The average molecular weight is 404 g/mol. The van der Waals surface area contributed by atoms with E-state index in [0.717, 1.165) is 33.2 Å². The summed E-state index contributed by atoms with van der Waals surface area (Å²) in [6.45, 7) is 3.81. The molecule has 0 radical (unpaired) electrons. The molecule has 146 valence electrons. The minimum absolute atomic E-state index is 0.129. The van der Waals surface area contributed by atoms with Crippen molar-refractivity contribution in [3.05, 3.63) is 95.7 Å². The van der Waals surface area contributed by atoms with Gasteiger partial charge in [0.15, 0.2) is 0 Å². The Bertz CT molecular complexity index is 1280. The van der Waals surface area contributed by atoms with Crippen LogP contribution >= 0.6 is 0 Å². The molecule has 1 aromatic heterocycles. The van der Waals surface area contributed by atoms with Gasteiger partial charge in [0, 0.05) is 10.9 Å². The minimum Gasteiger partial charge on any atom is -0.260 e. The lowest BCUT2D eigenvalue weighted by molar-refractivity contribution is 0.305. The molecule has 0 atom stereocenters. The summed E-state index contributed by atoms with van der Waals surface area (Å²) in [4.78, 5) is 4.87. The van der Waals surface area contributed by atoms with Crippen molar-refractivity contribution < 1.29 is 12.6 Å². The van der Waals surface area contributed by atoms with Gasteiger partial charge >= 0.3 is 0 Å². The number of rotatable bonds is 5. The van der Waals surface area contributed by atoms with Gasteiger partial charge in [0.05, 0.1) is 16.3 Å². The number of aromatic nitrogens is 1. The van der Waals surface area contributed by atoms with Crippen LogP contribution in [0.2, 0.25) is 0 Å². The first-order chi connectivity index (χ1) is 13.9. The van der Waals surface area contributed by atoms with E-state index < -0.39 is 10.1 Å². The van der Waals surface area contributed by atoms with Gasteiger partial charge in [-0.3, -0.25) is 4.18 Å². The summed E-state index contributed by atoms with van der Waals surface area (Å²) >= 11 is 0. The fourth-order valence-corrected chi connectivity index (χ4v) is 4.11. The van der Waals surface area contributed by atoms with Crippen molar-refractivity contribution in [1.82, 2.24) is 4.98 Å². The molecule has 4 rings (SSSR count). The van der Waals surface area contributed by atoms with Crippen molar-refractivity contribution in [3.63, 3.8) is 0 Å². The molecular formula is C24H21NO3S. The van der Waals surface area contributed by atoms with Crippen molar-refractivity contribution in [2.24, 2.45) is 0 Å². The Labute approximate surface area is 170 Å². The molecule has 0 aliphatic carbocycles. The van der Waals surface area contributed by atoms with Crippen LogP contribution in [0.3, 0.4) is 0 Å². The fraction of sp³-hybridized carbons (Fsp3) is 0.125. The summed E-state index contributed by atoms with van der Waals surface area (Å²) < 4.78 is 30.6. The zero-order valence-electron chi connectivity index (χ0n) is 16.3. The lowest BCUT2D eigenvalue weighted by Crippen LogP contribution is -2.08. The molecule has 1 heterocycles. The monoisotopic (exact) mass is 403 g/mol. The summed E-state index contributed by atoms with van der Waals surface area (Å²) in [6, 6.07) is 24.5. The van der Waals surface area contributed by atoms with E-state index in [1.54, 1.807) is 24.3 Å². The zero-order chi connectivity index (χ0) is 20.4. The molecule has 0 spiro atoms. The van der Waals surface area contributed by atoms with Crippen LogP contribution in [0.5, 0.6) is 0 Å². The highest BCUT2D eigenvalue weighted by atomic mass is 32.2. The maximum absolute atomic E-state index is 12.6. The van der Waals surface area contributed by atoms with E-state index in [9.17, 15) is 8.42 Å². The lowest BCUT2D eigenvalue weighted by Gasteiger charge is -2.11. The van der Waals surface area contributed by atoms with E-state index in [0.29, 0.717) is 5.69 Å². The summed E-state index contributed by atoms with van der Waals surface area (Å²) in [5.74, 6) is 0. The van der Waals surface area contributed by atoms with Gasteiger partial charge < -0.3 is 0 Å². The van der Waals surface area contributed by atoms with E-state index in [1.165, 1.54) is 0 Å². The first-order valence-electron chi connectivity index (χ1n) is 9.34. The van der Waals surface area contributed by atoms with Gasteiger partial charge in [-0.1, -0.05) is 65.7 Å². The molecular weight excluding hydrogens is 382 g/mol. The zero-order valence-corrected chi connectivity index (χ0v) is 17.1. The average Bonchev–Trinajstić information content (AvgIpc) is 2.72. The molecule has 0 N–H and O–H groups in total. The molecule has 29 heavy (non-hydrogen) atoms. The van der Waals surface area contributed by atoms with E-state index in [2.05, 4.69) is 6.07 Å². The third-order valence-electron chi connectivity index (χ3n) is 4.79. The van der Waals surface area contributed by atoms with Crippen LogP contribution in [0.25, 0.3) is 22.0 Å². The van der Waals surface area contributed by atoms with E-state index in [1.807, 2.05) is 62.4 Å². The molecule has 3 aromatic carbocycles. The number of hydrogen-bond donors (Lipinski definition) is 0. The van der Waals surface area contributed by atoms with E-state index in [4.69, 9.17) is 9.17 Å². The van der Waals surface area contributed by atoms with Crippen LogP contribution in [0.1, 0.15) is 16.8 Å². The number of nitrogens with zero attached hydrogens (tertiary/aromatic N) is 1. The van der Waals surface area contributed by atoms with Crippen LogP contribution in [0, 0.1) is 13.8 Å². The van der Waals surface area contributed by atoms with Crippen molar-refractivity contribution in [3.8, 4) is 11.3 Å². The van der Waals surface area contributed by atoms with E-state index >= 15 is 0 Å². The molecule has 4 nitrogen and oxygen atoms in total. The highest BCUT2D eigenvalue weighted by Gasteiger charge is 2.17. The standard InChI is InChI=1S/C24H21NO3S/c1-17-10-12-21(13-11-17)29(26,27)28-16-24-22-9-4-3-7-19(22)15-23(25-24)20-8-5-6-18(2)14-20/h3-15H,16H2,1-2H3. The highest BCUT2D eigenvalue weighted by molar-refractivity contribution is 7.86. The van der Waals surface area contributed by atoms with Gasteiger partial charge in [-0.05, 0) is 43.5 Å². The minimum atomic E-state index is -3.87. The highest BCUT2D eigenvalue weighted by Crippen LogP contribution is 2.27. The Morgan fingerprint density at radius 2 is 1.59 bits per heavy atom. The van der Waals surface area contributed by atoms with Crippen LogP contribution in [0.15, 0.2) is 83.8 Å². The second kappa shape index (κ2) is 7.78. The topological polar surface area (TPSA) is 56.3 Å². The van der Waals surface area contributed by atoms with Gasteiger partial charge in [-0.2, -0.15) is 8.42 Å². The first kappa shape index (κ1) is 19.3. The van der Waals surface area contributed by atoms with Gasteiger partial charge in [-0.15, -0.1) is 0 Å². The van der Waals surface area contributed by atoms with Crippen LogP contribution in [0.4, 0.5) is 0 Å². The Morgan fingerprint density at radius 3 is 2.34 bits per heavy atom. The third kappa shape index (κ3) is 4.21. The van der Waals surface area contributed by atoms with Crippen molar-refractivity contribution in [1.29, 1.82) is 0 Å². The second-order valence-corrected chi connectivity index (χ2v) is 8.69. The Hall–Kier alpha value is -3.02. The van der Waals surface area contributed by atoms with Crippen LogP contribution in [-0.4, -0.2) is 13.4 Å². The Balaban J connectivity index is 1.72. The lowest BCUT2D eigenvalue weighted by atomic mass is 10.0. The smallest absolute Gasteiger partial charge is 0.260 e. The largest absolute Gasteiger partial charge is 0.297 e. The molecule has 0 aliphatic heterocycles. The molecule has 5 heteroatoms. The number of pyridine rings is 1. The first-order valence-corrected chi connectivity index (χ1v) is 10.7. The molecule has 0 amide bonds. The number of fused-ring (bicyclic) bond motifs is 1. The van der Waals surface area contributed by atoms with Gasteiger partial charge in [-0.25, -0.2) is 4.98 Å². The maximum Gasteiger partial charge on any atom is 0.297 e. The molecule has 0 aliphatic rings. The maximum atomic E-state index is 12.6. The van der Waals surface area contributed by atoms with Crippen LogP contribution in [-0.2, 0) is 20.9 Å². The summed E-state index contributed by atoms with van der Waals surface area (Å²) in [7, 11) is -3.87. The summed E-state index contributed by atoms with van der Waals surface area (Å²) in [5.41, 5.74) is 4.49. The van der Waals surface area contributed by atoms with Crippen molar-refractivity contribution >= 4 is 20.9 Å². The van der Waals surface area contributed by atoms with Gasteiger partial charge in [0.1, 0.15) is 6.61 Å². The van der Waals surface area contributed by atoms with Gasteiger partial charge in [0.25, 0.3) is 10.1 Å². The molecule has 0 unspecified atom stereocenters. The molecule has 4 aromatic rings. The number of hydrogen-bond acceptors (Lipinski definition) is 4. The van der Waals surface area contributed by atoms with Gasteiger partial charge in [0.2, 0.25) is 0 Å². The summed E-state index contributed by atoms with van der Waals surface area (Å²) in [5, 5.41) is 1.87. The second-order valence-electron chi connectivity index (χ2n) is 7.07. The quantitative estimate of drug-likeness (QED) is 0.417. The van der Waals surface area contributed by atoms with Crippen LogP contribution < -0.4 is 0 Å². The molecule has 0 saturated heterocycles. The molecule has 0 fully saturated rings. The van der Waals surface area contributed by atoms with Crippen molar-refractivity contribution in [2.75, 3.05) is 0 Å². The predicted molar refractivity (Wildman–Crippen MR) is 115 cm³/mol. The van der Waals surface area contributed by atoms with E-state index in [-0.39, 0.29) is 11.5 Å². The fourth-order valence-electron chi connectivity index (χ4n) is 3.24. The number of benzene rings is 3. The summed E-state index contributed by atoms with van der Waals surface area (Å²) in [6.07, 6.45) is 0. The number of aryl methyl sites for hydroxylation is 2. The predicted octanol–water partition coefficient (Wildman–Crippen LogP) is 5.42. The SMILES string of the molecule is Cc1ccc(S(=O)(=O)OCc2nc(-c3cccc(C)c3)cc3ccccc23)cc1. The normalized spacial score (nSPS) is 11.7. The Kier molecular flexibility index (Phi) is 5.18.